The van der Waals surface area contributed by atoms with E-state index in [4.69, 9.17) is 17.0 Å². The van der Waals surface area contributed by atoms with Crippen LogP contribution in [0.15, 0.2) is 36.2 Å². The molecule has 0 aliphatic rings. The van der Waals surface area contributed by atoms with Crippen molar-refractivity contribution in [1.29, 1.82) is 0 Å². The number of benzene rings is 1. The van der Waals surface area contributed by atoms with Crippen molar-refractivity contribution in [3.63, 3.8) is 0 Å². The van der Waals surface area contributed by atoms with Crippen molar-refractivity contribution < 1.29 is 9.13 Å². The van der Waals surface area contributed by atoms with E-state index in [-0.39, 0.29) is 13.2 Å². The van der Waals surface area contributed by atoms with Crippen LogP contribution in [-0.4, -0.2) is 13.2 Å². The van der Waals surface area contributed by atoms with Crippen LogP contribution in [0.25, 0.3) is 4.85 Å². The molecule has 0 spiro atoms. The average molecular weight is 206 g/mol. The summed E-state index contributed by atoms with van der Waals surface area (Å²) in [5.74, 6) is 0.593. The Kier molecular flexibility index (Phi) is 4.32. The maximum atomic E-state index is 12.1. The van der Waals surface area contributed by atoms with Gasteiger partial charge in [0.15, 0.2) is 5.69 Å². The highest BCUT2D eigenvalue weighted by Crippen LogP contribution is 2.18. The molecule has 1 aromatic carbocycles. The zero-order valence-electron chi connectivity index (χ0n) is 8.11. The molecule has 1 rings (SSSR count). The van der Waals surface area contributed by atoms with E-state index < -0.39 is 0 Å². The molecule has 15 heavy (non-hydrogen) atoms. The van der Waals surface area contributed by atoms with Crippen LogP contribution in [0.2, 0.25) is 0 Å². The zero-order chi connectivity index (χ0) is 11.1. The molecule has 0 radical (unpaired) electrons. The van der Waals surface area contributed by atoms with E-state index in [2.05, 4.69) is 4.85 Å². The van der Waals surface area contributed by atoms with Crippen molar-refractivity contribution in [2.24, 2.45) is 5.73 Å². The lowest BCUT2D eigenvalue weighted by Gasteiger charge is -2.06. The van der Waals surface area contributed by atoms with Crippen molar-refractivity contribution in [2.75, 3.05) is 13.2 Å². The molecule has 0 aliphatic heterocycles. The van der Waals surface area contributed by atoms with Gasteiger partial charge in [0, 0.05) is 12.1 Å². The summed E-state index contributed by atoms with van der Waals surface area (Å²) >= 11 is 0. The molecule has 0 aromatic heterocycles. The van der Waals surface area contributed by atoms with E-state index in [0.717, 1.165) is 0 Å². The Balaban J connectivity index is 2.55. The van der Waals surface area contributed by atoms with Gasteiger partial charge < -0.3 is 10.5 Å². The molecule has 1 aromatic rings. The molecule has 0 unspecified atom stereocenters. The molecule has 0 bridgehead atoms. The van der Waals surface area contributed by atoms with Gasteiger partial charge in [-0.3, -0.25) is 0 Å². The normalized spacial score (nSPS) is 10.9. The quantitative estimate of drug-likeness (QED) is 0.768. The highest BCUT2D eigenvalue weighted by Gasteiger charge is 1.98. The van der Waals surface area contributed by atoms with E-state index in [1.165, 1.54) is 0 Å². The summed E-state index contributed by atoms with van der Waals surface area (Å²) < 4.78 is 17.4. The van der Waals surface area contributed by atoms with Crippen LogP contribution in [0.3, 0.4) is 0 Å². The fourth-order valence-corrected chi connectivity index (χ4v) is 0.928. The largest absolute Gasteiger partial charge is 0.489 e. The summed E-state index contributed by atoms with van der Waals surface area (Å²) in [6.07, 6.45) is 0.452. The SMILES string of the molecule is [C-]#[N+]c1ccc(OC/C(=C/F)CN)cc1. The predicted molar refractivity (Wildman–Crippen MR) is 56.4 cm³/mol. The van der Waals surface area contributed by atoms with Crippen LogP contribution in [0, 0.1) is 6.57 Å². The van der Waals surface area contributed by atoms with Crippen LogP contribution in [0.4, 0.5) is 10.1 Å². The van der Waals surface area contributed by atoms with Gasteiger partial charge in [-0.1, -0.05) is 12.1 Å². The summed E-state index contributed by atoms with van der Waals surface area (Å²) in [6, 6.07) is 6.62. The second-order valence-corrected chi connectivity index (χ2v) is 2.87. The summed E-state index contributed by atoms with van der Waals surface area (Å²) in [6.45, 7) is 7.02. The molecule has 0 amide bonds. The monoisotopic (exact) mass is 206 g/mol. The minimum Gasteiger partial charge on any atom is -0.489 e. The molecule has 0 fully saturated rings. The summed E-state index contributed by atoms with van der Waals surface area (Å²) in [5.41, 5.74) is 6.20. The first-order chi connectivity index (χ1) is 7.30. The van der Waals surface area contributed by atoms with Gasteiger partial charge in [0.05, 0.1) is 12.9 Å². The third-order valence-electron chi connectivity index (χ3n) is 1.81. The Bertz CT molecular complexity index is 379. The van der Waals surface area contributed by atoms with Crippen molar-refractivity contribution >= 4 is 5.69 Å². The fraction of sp³-hybridized carbons (Fsp3) is 0.182. The van der Waals surface area contributed by atoms with Gasteiger partial charge in [-0.15, -0.1) is 0 Å². The molecule has 0 atom stereocenters. The first-order valence-corrected chi connectivity index (χ1v) is 4.38. The second-order valence-electron chi connectivity index (χ2n) is 2.87. The first-order valence-electron chi connectivity index (χ1n) is 4.38. The van der Waals surface area contributed by atoms with Gasteiger partial charge in [-0.05, 0) is 12.1 Å². The lowest BCUT2D eigenvalue weighted by atomic mass is 10.3. The number of ether oxygens (including phenoxy) is 1. The van der Waals surface area contributed by atoms with Crippen molar-refractivity contribution in [2.45, 2.75) is 0 Å². The van der Waals surface area contributed by atoms with Crippen LogP contribution in [-0.2, 0) is 0 Å². The molecule has 2 N–H and O–H groups in total. The smallest absolute Gasteiger partial charge is 0.187 e. The third-order valence-corrected chi connectivity index (χ3v) is 1.81. The number of halogens is 1. The highest BCUT2D eigenvalue weighted by molar-refractivity contribution is 5.47. The number of rotatable bonds is 4. The Morgan fingerprint density at radius 2 is 2.13 bits per heavy atom. The summed E-state index contributed by atoms with van der Waals surface area (Å²) in [7, 11) is 0. The van der Waals surface area contributed by atoms with Crippen molar-refractivity contribution in [3.8, 4) is 5.75 Å². The van der Waals surface area contributed by atoms with E-state index >= 15 is 0 Å². The van der Waals surface area contributed by atoms with E-state index in [1.54, 1.807) is 24.3 Å². The number of nitrogens with two attached hydrogens (primary N) is 1. The third kappa shape index (κ3) is 3.41. The van der Waals surface area contributed by atoms with E-state index in [1.807, 2.05) is 0 Å². The lowest BCUT2D eigenvalue weighted by Crippen LogP contribution is -2.10. The molecule has 3 nitrogen and oxygen atoms in total. The molecule has 0 heterocycles. The maximum Gasteiger partial charge on any atom is 0.187 e. The molecule has 0 aliphatic carbocycles. The average Bonchev–Trinajstić information content (AvgIpc) is 2.31. The van der Waals surface area contributed by atoms with Gasteiger partial charge in [0.2, 0.25) is 0 Å². The molecule has 0 saturated heterocycles. The van der Waals surface area contributed by atoms with Gasteiger partial charge in [-0.25, -0.2) is 9.24 Å². The van der Waals surface area contributed by atoms with Gasteiger partial charge in [-0.2, -0.15) is 0 Å². The molecule has 78 valence electrons. The Morgan fingerprint density at radius 3 is 2.60 bits per heavy atom. The number of hydrogen-bond acceptors (Lipinski definition) is 2. The van der Waals surface area contributed by atoms with E-state index in [9.17, 15) is 4.39 Å². The first kappa shape index (κ1) is 11.2. The van der Waals surface area contributed by atoms with Crippen LogP contribution < -0.4 is 10.5 Å². The van der Waals surface area contributed by atoms with Crippen molar-refractivity contribution in [1.82, 2.24) is 0 Å². The minimum atomic E-state index is 0.129. The Labute approximate surface area is 87.8 Å². The summed E-state index contributed by atoms with van der Waals surface area (Å²) in [4.78, 5) is 3.24. The lowest BCUT2D eigenvalue weighted by molar-refractivity contribution is 0.347. The van der Waals surface area contributed by atoms with Crippen LogP contribution in [0.5, 0.6) is 5.75 Å². The van der Waals surface area contributed by atoms with Gasteiger partial charge >= 0.3 is 0 Å². The molecule has 4 heteroatoms. The molecular weight excluding hydrogens is 195 g/mol. The summed E-state index contributed by atoms with van der Waals surface area (Å²) in [5, 5.41) is 0. The molecular formula is C11H11FN2O. The van der Waals surface area contributed by atoms with Gasteiger partial charge in [0.25, 0.3) is 0 Å². The van der Waals surface area contributed by atoms with Crippen LogP contribution in [0.1, 0.15) is 0 Å². The van der Waals surface area contributed by atoms with E-state index in [0.29, 0.717) is 23.3 Å². The predicted octanol–water partition coefficient (Wildman–Crippen LogP) is 2.43. The minimum absolute atomic E-state index is 0.129. The Hall–Kier alpha value is -1.86. The van der Waals surface area contributed by atoms with Crippen LogP contribution >= 0.6 is 0 Å². The number of nitrogens with zero attached hydrogens (tertiary/aromatic N) is 1. The highest BCUT2D eigenvalue weighted by atomic mass is 19.1. The Morgan fingerprint density at radius 1 is 1.47 bits per heavy atom. The standard InChI is InChI=1S/C11H11FN2O/c1-14-10-2-4-11(5-3-10)15-8-9(6-12)7-13/h2-6H,7-8,13H2/b9-6+. The fourth-order valence-electron chi connectivity index (χ4n) is 0.928. The maximum absolute atomic E-state index is 12.1. The topological polar surface area (TPSA) is 39.6 Å². The number of hydrogen-bond donors (Lipinski definition) is 1. The van der Waals surface area contributed by atoms with Crippen molar-refractivity contribution in [3.05, 3.63) is 47.6 Å². The second kappa shape index (κ2) is 5.78. The molecule has 0 saturated carbocycles. The van der Waals surface area contributed by atoms with Gasteiger partial charge in [0.1, 0.15) is 12.4 Å². The zero-order valence-corrected chi connectivity index (χ0v) is 8.11.